The predicted octanol–water partition coefficient (Wildman–Crippen LogP) is 5.31. The summed E-state index contributed by atoms with van der Waals surface area (Å²) in [6.07, 6.45) is 7.12. The van der Waals surface area contributed by atoms with E-state index < -0.39 is 17.8 Å². The second-order valence-electron chi connectivity index (χ2n) is 13.2. The molecule has 3 aliphatic heterocycles. The molecule has 0 N–H and O–H groups in total. The van der Waals surface area contributed by atoms with E-state index in [1.54, 1.807) is 0 Å². The highest BCUT2D eigenvalue weighted by atomic mass is 19.1. The number of piperazine rings is 1. The summed E-state index contributed by atoms with van der Waals surface area (Å²) in [6, 6.07) is 16.0. The molecule has 0 radical (unpaired) electrons. The third kappa shape index (κ3) is 5.77. The molecule has 1 amide bonds. The summed E-state index contributed by atoms with van der Waals surface area (Å²) in [6.45, 7) is 9.59. The molecule has 4 aliphatic rings. The molecule has 46 heavy (non-hydrogen) atoms. The largest absolute Gasteiger partial charge is 0.462 e. The highest BCUT2D eigenvalue weighted by Gasteiger charge is 2.37. The van der Waals surface area contributed by atoms with E-state index in [9.17, 15) is 14.4 Å². The zero-order valence-electron chi connectivity index (χ0n) is 26.6. The van der Waals surface area contributed by atoms with E-state index in [1.807, 2.05) is 0 Å². The second kappa shape index (κ2) is 12.9. The highest BCUT2D eigenvalue weighted by Crippen LogP contribution is 2.37. The maximum absolute atomic E-state index is 13.9. The fourth-order valence-corrected chi connectivity index (χ4v) is 7.97. The number of ether oxygens (including phenoxy) is 1. The quantitative estimate of drug-likeness (QED) is 0.312. The number of aryl methyl sites for hydroxylation is 1. The van der Waals surface area contributed by atoms with Gasteiger partial charge in [-0.1, -0.05) is 49.8 Å². The van der Waals surface area contributed by atoms with Crippen LogP contribution >= 0.6 is 0 Å². The van der Waals surface area contributed by atoms with Crippen LogP contribution in [0.2, 0.25) is 0 Å². The molecule has 1 aliphatic carbocycles. The van der Waals surface area contributed by atoms with Gasteiger partial charge < -0.3 is 19.4 Å². The number of halogens is 1. The molecule has 7 rings (SSSR count). The van der Waals surface area contributed by atoms with Crippen LogP contribution < -0.4 is 14.5 Å². The number of anilines is 2. The molecule has 240 valence electrons. The van der Waals surface area contributed by atoms with E-state index >= 15 is 0 Å². The lowest BCUT2D eigenvalue weighted by molar-refractivity contribution is -0.131. The average molecular weight is 624 g/mol. The number of rotatable bonds is 8. The van der Waals surface area contributed by atoms with Crippen molar-refractivity contribution in [1.82, 2.24) is 19.8 Å². The first kappa shape index (κ1) is 30.4. The van der Waals surface area contributed by atoms with Crippen molar-refractivity contribution in [2.45, 2.75) is 76.5 Å². The zero-order valence-corrected chi connectivity index (χ0v) is 26.6. The maximum Gasteiger partial charge on any atom is 0.318 e. The Morgan fingerprint density at radius 3 is 2.59 bits per heavy atom. The number of amides is 1. The van der Waals surface area contributed by atoms with Gasteiger partial charge in [-0.3, -0.25) is 9.69 Å². The van der Waals surface area contributed by atoms with E-state index in [4.69, 9.17) is 14.7 Å². The summed E-state index contributed by atoms with van der Waals surface area (Å²) < 4.78 is 20.3. The van der Waals surface area contributed by atoms with Gasteiger partial charge in [-0.25, -0.2) is 4.39 Å². The number of likely N-dealkylation sites (tertiary alicyclic amines) is 1. The first-order valence-electron chi connectivity index (χ1n) is 16.7. The zero-order chi connectivity index (χ0) is 31.8. The fraction of sp³-hybridized carbons (Fsp3) is 0.500. The molecule has 2 aromatic carbocycles. The molecule has 2 atom stereocenters. The molecular formula is C36H42FN7O2. The van der Waals surface area contributed by atoms with Crippen LogP contribution in [0.5, 0.6) is 6.01 Å². The molecule has 0 spiro atoms. The number of hydrogen-bond donors (Lipinski definition) is 0. The molecular weight excluding hydrogens is 581 g/mol. The fourth-order valence-electron chi connectivity index (χ4n) is 7.97. The number of benzene rings is 2. The van der Waals surface area contributed by atoms with Gasteiger partial charge in [-0.2, -0.15) is 15.2 Å². The molecule has 10 heteroatoms. The van der Waals surface area contributed by atoms with E-state index in [0.717, 1.165) is 43.0 Å². The first-order chi connectivity index (χ1) is 22.4. The summed E-state index contributed by atoms with van der Waals surface area (Å²) >= 11 is 0. The lowest BCUT2D eigenvalue weighted by Crippen LogP contribution is -2.56. The van der Waals surface area contributed by atoms with Crippen LogP contribution in [-0.4, -0.2) is 83.1 Å². The van der Waals surface area contributed by atoms with Crippen LogP contribution in [0.4, 0.5) is 15.9 Å². The summed E-state index contributed by atoms with van der Waals surface area (Å²) in [5.41, 5.74) is 4.44. The topological polar surface area (TPSA) is 88.8 Å². The van der Waals surface area contributed by atoms with Crippen molar-refractivity contribution in [2.24, 2.45) is 0 Å². The van der Waals surface area contributed by atoms with Gasteiger partial charge >= 0.3 is 6.01 Å². The Kier molecular flexibility index (Phi) is 8.52. The number of nitriles is 1. The molecule has 1 unspecified atom stereocenters. The van der Waals surface area contributed by atoms with Crippen LogP contribution in [0.3, 0.4) is 0 Å². The lowest BCUT2D eigenvalue weighted by Gasteiger charge is -2.44. The van der Waals surface area contributed by atoms with E-state index in [2.05, 4.69) is 70.7 Å². The Bertz CT molecular complexity index is 1680. The Labute approximate surface area is 270 Å². The summed E-state index contributed by atoms with van der Waals surface area (Å²) in [5.74, 6) is -0.955. The third-order valence-electron chi connectivity index (χ3n) is 10.4. The molecule has 1 saturated carbocycles. The number of carbonyl (C=O) groups excluding carboxylic acids is 1. The van der Waals surface area contributed by atoms with Crippen molar-refractivity contribution in [2.75, 3.05) is 49.1 Å². The van der Waals surface area contributed by atoms with Gasteiger partial charge in [0.15, 0.2) is 5.83 Å². The van der Waals surface area contributed by atoms with Gasteiger partial charge in [0.2, 0.25) is 0 Å². The predicted molar refractivity (Wildman–Crippen MR) is 177 cm³/mol. The Morgan fingerprint density at radius 1 is 1.04 bits per heavy atom. The molecule has 0 bridgehead atoms. The van der Waals surface area contributed by atoms with E-state index in [-0.39, 0.29) is 13.0 Å². The summed E-state index contributed by atoms with van der Waals surface area (Å²) in [7, 11) is 0. The van der Waals surface area contributed by atoms with Crippen molar-refractivity contribution >= 4 is 28.2 Å². The standard InChI is InChI=1S/C36H42FN7O2/c1-24-7-5-8-26-9-6-12-32(33(24)26)41-17-15-30-31(22-41)39-36(46-23-29-14-18-43(29)27-10-3-4-11-27)40-34(30)42-19-20-44(35(45)25(2)37)28(21-42)13-16-38/h5-9,12,27-29H,2-4,10-11,13-15,17-23H2,1H3/t28-,29?/m0/s1. The van der Waals surface area contributed by atoms with Crippen LogP contribution in [0.25, 0.3) is 10.8 Å². The van der Waals surface area contributed by atoms with Gasteiger partial charge in [0.05, 0.1) is 30.8 Å². The SMILES string of the molecule is C=C(F)C(=O)N1CCN(c2nc(OCC3CCN3C3CCCC3)nc3c2CCN(c2cccc4cccc(C)c24)C3)C[C@@H]1CC#N. The minimum Gasteiger partial charge on any atom is -0.462 e. The van der Waals surface area contributed by atoms with Crippen molar-refractivity contribution in [3.8, 4) is 12.1 Å². The van der Waals surface area contributed by atoms with Crippen molar-refractivity contribution in [1.29, 1.82) is 5.26 Å². The second-order valence-corrected chi connectivity index (χ2v) is 13.2. The number of fused-ring (bicyclic) bond motifs is 2. The van der Waals surface area contributed by atoms with Crippen molar-refractivity contribution in [3.05, 3.63) is 65.6 Å². The average Bonchev–Trinajstić information content (AvgIpc) is 3.57. The Balaban J connectivity index is 1.19. The minimum atomic E-state index is -1.00. The number of hydrogen-bond acceptors (Lipinski definition) is 8. The number of carbonyl (C=O) groups is 1. The first-order valence-corrected chi connectivity index (χ1v) is 16.7. The van der Waals surface area contributed by atoms with E-state index in [1.165, 1.54) is 52.6 Å². The van der Waals surface area contributed by atoms with Gasteiger partial charge in [-0.05, 0) is 49.6 Å². The maximum atomic E-state index is 13.9. The summed E-state index contributed by atoms with van der Waals surface area (Å²) in [4.78, 5) is 31.2. The number of aromatic nitrogens is 2. The van der Waals surface area contributed by atoms with Crippen molar-refractivity contribution in [3.63, 3.8) is 0 Å². The normalized spacial score (nSPS) is 22.0. The molecule has 3 aromatic rings. The molecule has 1 aromatic heterocycles. The molecule has 4 heterocycles. The monoisotopic (exact) mass is 623 g/mol. The van der Waals surface area contributed by atoms with Crippen molar-refractivity contribution < 1.29 is 13.9 Å². The summed E-state index contributed by atoms with van der Waals surface area (Å²) in [5, 5.41) is 12.0. The Hall–Kier alpha value is -4.23. The Morgan fingerprint density at radius 2 is 1.85 bits per heavy atom. The van der Waals surface area contributed by atoms with Crippen LogP contribution in [0.15, 0.2) is 48.8 Å². The highest BCUT2D eigenvalue weighted by molar-refractivity contribution is 5.97. The van der Waals surface area contributed by atoms with Crippen LogP contribution in [-0.2, 0) is 17.8 Å². The van der Waals surface area contributed by atoms with Gasteiger partial charge in [0.25, 0.3) is 5.91 Å². The van der Waals surface area contributed by atoms with Crippen LogP contribution in [0.1, 0.15) is 55.3 Å². The minimum absolute atomic E-state index is 0.0963. The van der Waals surface area contributed by atoms with Crippen LogP contribution in [0, 0.1) is 18.3 Å². The smallest absolute Gasteiger partial charge is 0.318 e. The van der Waals surface area contributed by atoms with Gasteiger partial charge in [-0.15, -0.1) is 0 Å². The van der Waals surface area contributed by atoms with Gasteiger partial charge in [0.1, 0.15) is 12.4 Å². The number of nitrogens with zero attached hydrogens (tertiary/aromatic N) is 7. The van der Waals surface area contributed by atoms with E-state index in [0.29, 0.717) is 44.3 Å². The third-order valence-corrected chi connectivity index (χ3v) is 10.4. The molecule has 2 saturated heterocycles. The molecule has 3 fully saturated rings. The van der Waals surface area contributed by atoms with Gasteiger partial charge in [0, 0.05) is 61.4 Å². The molecule has 9 nitrogen and oxygen atoms in total. The lowest BCUT2D eigenvalue weighted by atomic mass is 9.99.